The Hall–Kier alpha value is -4.13. The molecule has 2 aromatic heterocycles. The second-order valence-corrected chi connectivity index (χ2v) is 6.20. The van der Waals surface area contributed by atoms with Crippen molar-refractivity contribution >= 4 is 22.8 Å². The number of para-hydroxylation sites is 1. The van der Waals surface area contributed by atoms with Crippen LogP contribution in [0.5, 0.6) is 0 Å². The summed E-state index contributed by atoms with van der Waals surface area (Å²) in [6.07, 6.45) is 1.39. The lowest BCUT2D eigenvalue weighted by Gasteiger charge is -2.07. The molecule has 2 aromatic carbocycles. The highest BCUT2D eigenvalue weighted by atomic mass is 16.3. The van der Waals surface area contributed by atoms with Gasteiger partial charge in [-0.3, -0.25) is 9.59 Å². The number of carbonyl (C=O) groups excluding carboxylic acids is 2. The monoisotopic (exact) mass is 387 g/mol. The zero-order valence-electron chi connectivity index (χ0n) is 15.3. The molecular weight excluding hydrogens is 370 g/mol. The SMILES string of the molecule is O=C(NN=c1oc2ccccc2cc1C(=O)NCc1ccccc1)c1ccco1. The second-order valence-electron chi connectivity index (χ2n) is 6.20. The zero-order valence-corrected chi connectivity index (χ0v) is 15.3. The molecule has 4 rings (SSSR count). The zero-order chi connectivity index (χ0) is 20.1. The standard InChI is InChI=1S/C22H17N3O4/c26-20(23-14-15-7-2-1-3-8-15)17-13-16-9-4-5-10-18(16)29-22(17)25-24-21(27)19-11-6-12-28-19/h1-13H,14H2,(H,23,26)(H,24,27). The van der Waals surface area contributed by atoms with Crippen molar-refractivity contribution in [3.8, 4) is 0 Å². The van der Waals surface area contributed by atoms with Gasteiger partial charge >= 0.3 is 5.91 Å². The van der Waals surface area contributed by atoms with Crippen LogP contribution < -0.4 is 16.3 Å². The molecule has 0 spiro atoms. The molecule has 2 heterocycles. The lowest BCUT2D eigenvalue weighted by Crippen LogP contribution is -2.30. The number of nitrogens with one attached hydrogen (secondary N) is 2. The molecule has 0 aliphatic heterocycles. The smallest absolute Gasteiger partial charge is 0.307 e. The van der Waals surface area contributed by atoms with Crippen molar-refractivity contribution < 1.29 is 18.4 Å². The van der Waals surface area contributed by atoms with Crippen LogP contribution in [0.3, 0.4) is 0 Å². The summed E-state index contributed by atoms with van der Waals surface area (Å²) < 4.78 is 10.8. The summed E-state index contributed by atoms with van der Waals surface area (Å²) in [5.74, 6) is -0.812. The summed E-state index contributed by atoms with van der Waals surface area (Å²) in [5.41, 5.74) is 4.06. The molecule has 4 aromatic rings. The Labute approximate surface area is 165 Å². The maximum Gasteiger partial charge on any atom is 0.307 e. The van der Waals surface area contributed by atoms with E-state index in [1.807, 2.05) is 48.5 Å². The Kier molecular flexibility index (Phi) is 5.20. The van der Waals surface area contributed by atoms with Gasteiger partial charge in [0.05, 0.1) is 6.26 Å². The van der Waals surface area contributed by atoms with E-state index in [0.29, 0.717) is 12.1 Å². The number of hydrogen-bond donors (Lipinski definition) is 2. The highest BCUT2D eigenvalue weighted by Gasteiger charge is 2.14. The number of nitrogens with zero attached hydrogens (tertiary/aromatic N) is 1. The van der Waals surface area contributed by atoms with E-state index in [1.54, 1.807) is 18.2 Å². The molecule has 0 aliphatic rings. The van der Waals surface area contributed by atoms with Crippen molar-refractivity contribution in [3.63, 3.8) is 0 Å². The van der Waals surface area contributed by atoms with Crippen LogP contribution in [-0.4, -0.2) is 11.8 Å². The Bertz CT molecular complexity index is 1210. The van der Waals surface area contributed by atoms with E-state index < -0.39 is 5.91 Å². The van der Waals surface area contributed by atoms with Crippen LogP contribution in [0.25, 0.3) is 11.0 Å². The third kappa shape index (κ3) is 4.24. The van der Waals surface area contributed by atoms with Crippen LogP contribution in [0.1, 0.15) is 26.5 Å². The molecule has 0 atom stereocenters. The number of furan rings is 1. The first-order chi connectivity index (χ1) is 14.2. The number of hydrogen-bond acceptors (Lipinski definition) is 5. The average Bonchev–Trinajstić information content (AvgIpc) is 3.31. The van der Waals surface area contributed by atoms with Crippen LogP contribution in [0, 0.1) is 0 Å². The molecule has 29 heavy (non-hydrogen) atoms. The van der Waals surface area contributed by atoms with Gasteiger partial charge in [-0.15, -0.1) is 5.10 Å². The molecule has 2 amide bonds. The van der Waals surface area contributed by atoms with Crippen LogP contribution >= 0.6 is 0 Å². The van der Waals surface area contributed by atoms with E-state index in [2.05, 4.69) is 15.8 Å². The normalized spacial score (nSPS) is 11.4. The number of rotatable bonds is 5. The van der Waals surface area contributed by atoms with E-state index in [9.17, 15) is 9.59 Å². The molecule has 2 N–H and O–H groups in total. The van der Waals surface area contributed by atoms with Gasteiger partial charge in [-0.1, -0.05) is 48.5 Å². The summed E-state index contributed by atoms with van der Waals surface area (Å²) in [5, 5.41) is 7.59. The molecule has 0 saturated heterocycles. The van der Waals surface area contributed by atoms with Crippen LogP contribution in [0.2, 0.25) is 0 Å². The molecule has 0 fully saturated rings. The minimum Gasteiger partial charge on any atom is -0.459 e. The van der Waals surface area contributed by atoms with Crippen LogP contribution in [-0.2, 0) is 6.54 Å². The third-order valence-electron chi connectivity index (χ3n) is 4.20. The van der Waals surface area contributed by atoms with E-state index in [0.717, 1.165) is 10.9 Å². The van der Waals surface area contributed by atoms with Gasteiger partial charge in [0.2, 0.25) is 5.55 Å². The van der Waals surface area contributed by atoms with Crippen molar-refractivity contribution in [2.75, 3.05) is 0 Å². The summed E-state index contributed by atoms with van der Waals surface area (Å²) in [6.45, 7) is 0.352. The fraction of sp³-hybridized carbons (Fsp3) is 0.0455. The minimum absolute atomic E-state index is 0.00540. The number of benzene rings is 2. The van der Waals surface area contributed by atoms with Gasteiger partial charge in [-0.05, 0) is 29.8 Å². The van der Waals surface area contributed by atoms with Crippen molar-refractivity contribution in [2.45, 2.75) is 6.54 Å². The highest BCUT2D eigenvalue weighted by Crippen LogP contribution is 2.13. The molecule has 7 heteroatoms. The Morgan fingerprint density at radius 3 is 2.48 bits per heavy atom. The van der Waals surface area contributed by atoms with Gasteiger partial charge in [0.1, 0.15) is 11.1 Å². The molecule has 144 valence electrons. The minimum atomic E-state index is -0.547. The Morgan fingerprint density at radius 1 is 0.897 bits per heavy atom. The summed E-state index contributed by atoms with van der Waals surface area (Å²) in [7, 11) is 0. The maximum atomic E-state index is 12.8. The van der Waals surface area contributed by atoms with Gasteiger partial charge in [-0.2, -0.15) is 0 Å². The molecule has 0 unspecified atom stereocenters. The number of fused-ring (bicyclic) bond motifs is 1. The summed E-state index contributed by atoms with van der Waals surface area (Å²) in [4.78, 5) is 24.9. The fourth-order valence-electron chi connectivity index (χ4n) is 2.75. The van der Waals surface area contributed by atoms with Crippen molar-refractivity contribution in [1.82, 2.24) is 10.7 Å². The molecule has 0 saturated carbocycles. The molecular formula is C22H17N3O4. The first-order valence-electron chi connectivity index (χ1n) is 8.93. The predicted octanol–water partition coefficient (Wildman–Crippen LogP) is 3.20. The van der Waals surface area contributed by atoms with Gasteiger partial charge in [0, 0.05) is 11.9 Å². The maximum absolute atomic E-state index is 12.8. The van der Waals surface area contributed by atoms with Crippen molar-refractivity contribution in [3.05, 3.63) is 102 Å². The van der Waals surface area contributed by atoms with E-state index >= 15 is 0 Å². The molecule has 0 bridgehead atoms. The molecule has 0 aliphatic carbocycles. The van der Waals surface area contributed by atoms with E-state index in [1.165, 1.54) is 12.3 Å². The first-order valence-corrected chi connectivity index (χ1v) is 8.93. The summed E-state index contributed by atoms with van der Waals surface area (Å²) >= 11 is 0. The first kappa shape index (κ1) is 18.2. The van der Waals surface area contributed by atoms with Crippen molar-refractivity contribution in [2.24, 2.45) is 5.10 Å². The lowest BCUT2D eigenvalue weighted by atomic mass is 10.1. The fourth-order valence-corrected chi connectivity index (χ4v) is 2.75. The van der Waals surface area contributed by atoms with Gasteiger partial charge in [0.25, 0.3) is 5.91 Å². The van der Waals surface area contributed by atoms with Crippen LogP contribution in [0.4, 0.5) is 0 Å². The largest absolute Gasteiger partial charge is 0.459 e. The van der Waals surface area contributed by atoms with E-state index in [4.69, 9.17) is 8.83 Å². The predicted molar refractivity (Wildman–Crippen MR) is 106 cm³/mol. The summed E-state index contributed by atoms with van der Waals surface area (Å²) in [6, 6.07) is 21.6. The highest BCUT2D eigenvalue weighted by molar-refractivity contribution is 5.96. The van der Waals surface area contributed by atoms with Gasteiger partial charge in [-0.25, -0.2) is 5.43 Å². The molecule has 7 nitrogen and oxygen atoms in total. The van der Waals surface area contributed by atoms with Gasteiger partial charge < -0.3 is 14.2 Å². The van der Waals surface area contributed by atoms with Crippen LogP contribution in [0.15, 0.2) is 93.0 Å². The third-order valence-corrected chi connectivity index (χ3v) is 4.20. The topological polar surface area (TPSA) is 96.8 Å². The quantitative estimate of drug-likeness (QED) is 0.514. The average molecular weight is 387 g/mol. The van der Waals surface area contributed by atoms with Gasteiger partial charge in [0.15, 0.2) is 5.76 Å². The van der Waals surface area contributed by atoms with E-state index in [-0.39, 0.29) is 22.8 Å². The Balaban J connectivity index is 1.65. The Morgan fingerprint density at radius 2 is 1.69 bits per heavy atom. The lowest BCUT2D eigenvalue weighted by molar-refractivity contribution is 0.0915. The number of amides is 2. The number of carbonyl (C=O) groups is 2. The van der Waals surface area contributed by atoms with Crippen molar-refractivity contribution in [1.29, 1.82) is 0 Å². The molecule has 0 radical (unpaired) electrons. The second kappa shape index (κ2) is 8.26.